The Labute approximate surface area is 198 Å². The first-order valence-corrected chi connectivity index (χ1v) is 12.2. The van der Waals surface area contributed by atoms with E-state index in [9.17, 15) is 14.0 Å². The highest BCUT2D eigenvalue weighted by Crippen LogP contribution is 2.39. The zero-order valence-electron chi connectivity index (χ0n) is 19.3. The molecule has 0 N–H and O–H groups in total. The Kier molecular flexibility index (Phi) is 6.94. The molecule has 3 aromatic rings. The number of carbonyl (C=O) groups is 2. The van der Waals surface area contributed by atoms with Gasteiger partial charge in [-0.05, 0) is 73.0 Å². The second-order valence-corrected chi connectivity index (χ2v) is 9.81. The third-order valence-electron chi connectivity index (χ3n) is 6.29. The van der Waals surface area contributed by atoms with Crippen molar-refractivity contribution < 1.29 is 14.0 Å². The second-order valence-electron chi connectivity index (χ2n) is 8.81. The van der Waals surface area contributed by atoms with Gasteiger partial charge in [0.25, 0.3) is 0 Å². The van der Waals surface area contributed by atoms with Gasteiger partial charge in [-0.15, -0.1) is 11.3 Å². The maximum absolute atomic E-state index is 13.6. The summed E-state index contributed by atoms with van der Waals surface area (Å²) in [4.78, 5) is 31.6. The van der Waals surface area contributed by atoms with Crippen molar-refractivity contribution in [3.05, 3.63) is 92.9 Å². The Morgan fingerprint density at radius 1 is 1.09 bits per heavy atom. The van der Waals surface area contributed by atoms with Crippen LogP contribution in [0.3, 0.4) is 0 Å². The van der Waals surface area contributed by atoms with Gasteiger partial charge in [0.05, 0.1) is 12.5 Å². The van der Waals surface area contributed by atoms with E-state index in [1.165, 1.54) is 22.6 Å². The SMILES string of the molecule is Cc1ccccc1C1c2ccsc2CCN1C(=O)CN(C(=O)Cc1ccc(F)cc1)C(C)C. The fourth-order valence-electron chi connectivity index (χ4n) is 4.49. The van der Waals surface area contributed by atoms with Crippen LogP contribution in [-0.2, 0) is 22.4 Å². The normalized spacial score (nSPS) is 15.4. The van der Waals surface area contributed by atoms with Gasteiger partial charge in [-0.2, -0.15) is 0 Å². The topological polar surface area (TPSA) is 40.6 Å². The number of hydrogen-bond acceptors (Lipinski definition) is 3. The van der Waals surface area contributed by atoms with E-state index in [2.05, 4.69) is 30.5 Å². The predicted octanol–water partition coefficient (Wildman–Crippen LogP) is 5.15. The van der Waals surface area contributed by atoms with E-state index in [1.54, 1.807) is 28.4 Å². The predicted molar refractivity (Wildman–Crippen MR) is 130 cm³/mol. The molecule has 172 valence electrons. The van der Waals surface area contributed by atoms with Crippen molar-refractivity contribution in [2.24, 2.45) is 0 Å². The number of fused-ring (bicyclic) bond motifs is 1. The molecule has 0 aliphatic carbocycles. The van der Waals surface area contributed by atoms with Crippen LogP contribution in [0.15, 0.2) is 60.0 Å². The Bertz CT molecular complexity index is 1140. The minimum Gasteiger partial charge on any atom is -0.331 e. The quantitative estimate of drug-likeness (QED) is 0.506. The summed E-state index contributed by atoms with van der Waals surface area (Å²) in [5.74, 6) is -0.519. The molecule has 1 aromatic heterocycles. The largest absolute Gasteiger partial charge is 0.331 e. The van der Waals surface area contributed by atoms with Gasteiger partial charge in [0, 0.05) is 17.5 Å². The van der Waals surface area contributed by atoms with E-state index < -0.39 is 0 Å². The first-order valence-electron chi connectivity index (χ1n) is 11.3. The highest BCUT2D eigenvalue weighted by atomic mass is 32.1. The maximum Gasteiger partial charge on any atom is 0.243 e. The van der Waals surface area contributed by atoms with E-state index in [-0.39, 0.29) is 42.7 Å². The fourth-order valence-corrected chi connectivity index (χ4v) is 5.39. The monoisotopic (exact) mass is 464 g/mol. The van der Waals surface area contributed by atoms with Gasteiger partial charge in [-0.3, -0.25) is 9.59 Å². The van der Waals surface area contributed by atoms with E-state index in [0.29, 0.717) is 6.54 Å². The standard InChI is InChI=1S/C27H29FN2O2S/c1-18(2)30(25(31)16-20-8-10-21(28)11-9-20)17-26(32)29-14-12-24-23(13-15-33-24)27(29)22-7-5-4-6-19(22)3/h4-11,13,15,18,27H,12,14,16-17H2,1-3H3. The van der Waals surface area contributed by atoms with Gasteiger partial charge < -0.3 is 9.80 Å². The smallest absolute Gasteiger partial charge is 0.243 e. The number of nitrogens with zero attached hydrogens (tertiary/aromatic N) is 2. The number of carbonyl (C=O) groups excluding carboxylic acids is 2. The summed E-state index contributed by atoms with van der Waals surface area (Å²) in [7, 11) is 0. The number of amides is 2. The minimum absolute atomic E-state index is 0.0273. The second kappa shape index (κ2) is 9.87. The number of hydrogen-bond donors (Lipinski definition) is 0. The highest BCUT2D eigenvalue weighted by Gasteiger charge is 2.35. The van der Waals surface area contributed by atoms with Gasteiger partial charge in [-0.1, -0.05) is 36.4 Å². The molecule has 0 radical (unpaired) electrons. The molecule has 4 rings (SSSR count). The van der Waals surface area contributed by atoms with Gasteiger partial charge in [-0.25, -0.2) is 4.39 Å². The van der Waals surface area contributed by atoms with E-state index in [0.717, 1.165) is 23.1 Å². The van der Waals surface area contributed by atoms with Gasteiger partial charge in [0.15, 0.2) is 0 Å². The van der Waals surface area contributed by atoms with E-state index in [4.69, 9.17) is 0 Å². The van der Waals surface area contributed by atoms with Crippen LogP contribution in [0.2, 0.25) is 0 Å². The van der Waals surface area contributed by atoms with E-state index in [1.807, 2.05) is 30.9 Å². The number of thiophene rings is 1. The zero-order valence-corrected chi connectivity index (χ0v) is 20.1. The highest BCUT2D eigenvalue weighted by molar-refractivity contribution is 7.10. The van der Waals surface area contributed by atoms with Gasteiger partial charge in [0.2, 0.25) is 11.8 Å². The molecular formula is C27H29FN2O2S. The van der Waals surface area contributed by atoms with Crippen molar-refractivity contribution in [2.75, 3.05) is 13.1 Å². The molecule has 0 spiro atoms. The molecular weight excluding hydrogens is 435 g/mol. The lowest BCUT2D eigenvalue weighted by Crippen LogP contribution is -2.49. The summed E-state index contributed by atoms with van der Waals surface area (Å²) in [6.07, 6.45) is 0.966. The molecule has 1 aliphatic heterocycles. The lowest BCUT2D eigenvalue weighted by atomic mass is 9.90. The third kappa shape index (κ3) is 5.01. The maximum atomic E-state index is 13.6. The summed E-state index contributed by atoms with van der Waals surface area (Å²) in [6, 6.07) is 16.0. The molecule has 0 saturated heterocycles. The summed E-state index contributed by atoms with van der Waals surface area (Å²) in [5.41, 5.74) is 4.19. The molecule has 6 heteroatoms. The number of halogens is 1. The summed E-state index contributed by atoms with van der Waals surface area (Å²) >= 11 is 1.74. The number of aryl methyl sites for hydroxylation is 1. The van der Waals surface area contributed by atoms with Crippen molar-refractivity contribution in [3.63, 3.8) is 0 Å². The number of rotatable bonds is 6. The molecule has 2 heterocycles. The first kappa shape index (κ1) is 23.2. The Morgan fingerprint density at radius 2 is 1.82 bits per heavy atom. The molecule has 1 unspecified atom stereocenters. The van der Waals surface area contributed by atoms with Crippen LogP contribution in [-0.4, -0.2) is 40.7 Å². The van der Waals surface area contributed by atoms with Crippen LogP contribution >= 0.6 is 11.3 Å². The number of benzene rings is 2. The van der Waals surface area contributed by atoms with Crippen LogP contribution in [0.25, 0.3) is 0 Å². The van der Waals surface area contributed by atoms with Crippen molar-refractivity contribution in [2.45, 2.75) is 45.7 Å². The van der Waals surface area contributed by atoms with Crippen LogP contribution in [0, 0.1) is 12.7 Å². The fraction of sp³-hybridized carbons (Fsp3) is 0.333. The summed E-state index contributed by atoms with van der Waals surface area (Å²) in [6.45, 7) is 6.57. The van der Waals surface area contributed by atoms with Crippen molar-refractivity contribution >= 4 is 23.2 Å². The Hall–Kier alpha value is -2.99. The first-order chi connectivity index (χ1) is 15.8. The minimum atomic E-state index is -0.331. The Balaban J connectivity index is 1.57. The van der Waals surface area contributed by atoms with Crippen LogP contribution in [0.4, 0.5) is 4.39 Å². The molecule has 2 amide bonds. The molecule has 0 fully saturated rings. The average molecular weight is 465 g/mol. The summed E-state index contributed by atoms with van der Waals surface area (Å²) < 4.78 is 13.2. The average Bonchev–Trinajstić information content (AvgIpc) is 3.27. The third-order valence-corrected chi connectivity index (χ3v) is 7.28. The molecule has 0 bridgehead atoms. The van der Waals surface area contributed by atoms with Crippen LogP contribution < -0.4 is 0 Å². The van der Waals surface area contributed by atoms with Crippen LogP contribution in [0.5, 0.6) is 0 Å². The van der Waals surface area contributed by atoms with Crippen molar-refractivity contribution in [1.82, 2.24) is 9.80 Å². The lowest BCUT2D eigenvalue weighted by molar-refractivity contribution is -0.142. The van der Waals surface area contributed by atoms with Gasteiger partial charge >= 0.3 is 0 Å². The molecule has 2 aromatic carbocycles. The molecule has 33 heavy (non-hydrogen) atoms. The van der Waals surface area contributed by atoms with Gasteiger partial charge in [0.1, 0.15) is 12.4 Å². The Morgan fingerprint density at radius 3 is 2.52 bits per heavy atom. The van der Waals surface area contributed by atoms with Crippen molar-refractivity contribution in [1.29, 1.82) is 0 Å². The van der Waals surface area contributed by atoms with Crippen LogP contribution in [0.1, 0.15) is 47.0 Å². The molecule has 0 saturated carbocycles. The van der Waals surface area contributed by atoms with E-state index >= 15 is 0 Å². The molecule has 1 atom stereocenters. The molecule has 1 aliphatic rings. The van der Waals surface area contributed by atoms with Crippen molar-refractivity contribution in [3.8, 4) is 0 Å². The molecule has 4 nitrogen and oxygen atoms in total. The zero-order chi connectivity index (χ0) is 23.5. The summed E-state index contributed by atoms with van der Waals surface area (Å²) in [5, 5.41) is 2.09. The lowest BCUT2D eigenvalue weighted by Gasteiger charge is -2.38.